The minimum Gasteiger partial charge on any atom is -0.282 e. The third kappa shape index (κ3) is 3.77. The van der Waals surface area contributed by atoms with Crippen LogP contribution in [0.3, 0.4) is 0 Å². The molecule has 2 aromatic rings. The predicted octanol–water partition coefficient (Wildman–Crippen LogP) is 2.89. The fraction of sp³-hybridized carbons (Fsp3) is 0.0769. The number of benzene rings is 2. The third-order valence-electron chi connectivity index (χ3n) is 2.43. The van der Waals surface area contributed by atoms with Crippen LogP contribution in [-0.2, 0) is 21.5 Å². The highest BCUT2D eigenvalue weighted by molar-refractivity contribution is 7.89. The number of hydrogen-bond acceptors (Lipinski definition) is 3. The maximum Gasteiger partial charge on any atom is 0.265 e. The van der Waals surface area contributed by atoms with E-state index in [0.717, 1.165) is 17.7 Å². The van der Waals surface area contributed by atoms with Crippen LogP contribution < -0.4 is 4.89 Å². The summed E-state index contributed by atoms with van der Waals surface area (Å²) in [6.07, 6.45) is 0. The quantitative estimate of drug-likeness (QED) is 0.863. The first-order valence-corrected chi connectivity index (χ1v) is 7.48. The molecule has 0 fully saturated rings. The second-order valence-corrected chi connectivity index (χ2v) is 5.99. The zero-order valence-electron chi connectivity index (χ0n) is 10.2. The van der Waals surface area contributed by atoms with E-state index < -0.39 is 20.7 Å². The Labute approximate surface area is 121 Å². The summed E-state index contributed by atoms with van der Waals surface area (Å²) in [7, 11) is -4.08. The van der Waals surface area contributed by atoms with Crippen molar-refractivity contribution in [2.75, 3.05) is 0 Å². The summed E-state index contributed by atoms with van der Waals surface area (Å²) in [5.74, 6) is -0.937. The molecule has 0 bridgehead atoms. The molecule has 0 aromatic heterocycles. The van der Waals surface area contributed by atoms with Gasteiger partial charge in [-0.1, -0.05) is 46.8 Å². The van der Waals surface area contributed by atoms with Gasteiger partial charge in [-0.15, -0.1) is 0 Å². The molecule has 0 amide bonds. The van der Waals surface area contributed by atoms with Crippen LogP contribution in [0, 0.1) is 5.82 Å². The second kappa shape index (κ2) is 6.32. The van der Waals surface area contributed by atoms with Crippen molar-refractivity contribution < 1.29 is 17.6 Å². The van der Waals surface area contributed by atoms with Crippen molar-refractivity contribution in [3.05, 3.63) is 64.9 Å². The summed E-state index contributed by atoms with van der Waals surface area (Å²) in [6.45, 7) is 0.0370. The highest BCUT2D eigenvalue weighted by Crippen LogP contribution is 2.18. The average molecular weight is 316 g/mol. The Balaban J connectivity index is 2.04. The van der Waals surface area contributed by atoms with E-state index in [-0.39, 0.29) is 11.6 Å². The van der Waals surface area contributed by atoms with E-state index in [1.54, 1.807) is 24.3 Å². The summed E-state index contributed by atoms with van der Waals surface area (Å²) in [4.78, 5) is 6.24. The van der Waals surface area contributed by atoms with Crippen molar-refractivity contribution >= 4 is 21.6 Å². The molecule has 0 unspecified atom stereocenters. The van der Waals surface area contributed by atoms with E-state index in [1.165, 1.54) is 6.07 Å². The van der Waals surface area contributed by atoms with Crippen molar-refractivity contribution in [3.63, 3.8) is 0 Å². The topological polar surface area (TPSA) is 55.4 Å². The molecule has 0 saturated carbocycles. The smallest absolute Gasteiger partial charge is 0.265 e. The molecule has 0 radical (unpaired) electrons. The van der Waals surface area contributed by atoms with Gasteiger partial charge in [0, 0.05) is 5.02 Å². The largest absolute Gasteiger partial charge is 0.282 e. The van der Waals surface area contributed by atoms with E-state index in [9.17, 15) is 12.8 Å². The van der Waals surface area contributed by atoms with E-state index >= 15 is 0 Å². The zero-order chi connectivity index (χ0) is 14.6. The lowest BCUT2D eigenvalue weighted by atomic mass is 10.2. The second-order valence-electron chi connectivity index (χ2n) is 3.94. The summed E-state index contributed by atoms with van der Waals surface area (Å²) < 4.78 is 37.2. The minimum absolute atomic E-state index is 0.0370. The van der Waals surface area contributed by atoms with Crippen LogP contribution in [0.4, 0.5) is 4.39 Å². The van der Waals surface area contributed by atoms with E-state index in [0.29, 0.717) is 0 Å². The van der Waals surface area contributed by atoms with Crippen LogP contribution in [-0.4, -0.2) is 8.42 Å². The van der Waals surface area contributed by atoms with E-state index in [4.69, 9.17) is 16.4 Å². The SMILES string of the molecule is O=S(=O)(NOCc1ccccc1)c1ccc(Cl)cc1F. The van der Waals surface area contributed by atoms with Crippen molar-refractivity contribution in [2.24, 2.45) is 0 Å². The third-order valence-corrected chi connectivity index (χ3v) is 3.92. The number of nitrogens with one attached hydrogen (secondary N) is 1. The first kappa shape index (κ1) is 14.9. The Hall–Kier alpha value is -1.47. The molecule has 2 aromatic carbocycles. The van der Waals surface area contributed by atoms with Crippen molar-refractivity contribution in [1.82, 2.24) is 4.89 Å². The molecule has 0 spiro atoms. The Morgan fingerprint density at radius 2 is 1.85 bits per heavy atom. The van der Waals surface area contributed by atoms with Gasteiger partial charge < -0.3 is 0 Å². The molecule has 20 heavy (non-hydrogen) atoms. The normalized spacial score (nSPS) is 11.5. The number of rotatable bonds is 5. The molecule has 2 rings (SSSR count). The van der Waals surface area contributed by atoms with Crippen molar-refractivity contribution in [1.29, 1.82) is 0 Å². The first-order valence-electron chi connectivity index (χ1n) is 5.61. The van der Waals surface area contributed by atoms with Gasteiger partial charge in [0.05, 0.1) is 6.61 Å². The molecule has 4 nitrogen and oxygen atoms in total. The maximum atomic E-state index is 13.5. The monoisotopic (exact) mass is 315 g/mol. The lowest BCUT2D eigenvalue weighted by molar-refractivity contribution is 0.0794. The standard InChI is InChI=1S/C13H11ClFNO3S/c14-11-6-7-13(12(15)8-11)20(17,18)16-19-9-10-4-2-1-3-5-10/h1-8,16H,9H2. The number of hydrogen-bond donors (Lipinski definition) is 1. The van der Waals surface area contributed by atoms with Gasteiger partial charge in [-0.25, -0.2) is 12.8 Å². The fourth-order valence-corrected chi connectivity index (χ4v) is 2.53. The lowest BCUT2D eigenvalue weighted by Crippen LogP contribution is -2.24. The Morgan fingerprint density at radius 1 is 1.15 bits per heavy atom. The molecule has 0 aliphatic heterocycles. The van der Waals surface area contributed by atoms with Gasteiger partial charge in [-0.2, -0.15) is 0 Å². The lowest BCUT2D eigenvalue weighted by Gasteiger charge is -2.08. The van der Waals surface area contributed by atoms with E-state index in [2.05, 4.69) is 0 Å². The molecule has 7 heteroatoms. The van der Waals surface area contributed by atoms with Gasteiger partial charge in [-0.3, -0.25) is 4.84 Å². The molecule has 0 aliphatic rings. The zero-order valence-corrected chi connectivity index (χ0v) is 11.8. The van der Waals surface area contributed by atoms with E-state index in [1.807, 2.05) is 11.0 Å². The van der Waals surface area contributed by atoms with Crippen LogP contribution in [0.25, 0.3) is 0 Å². The maximum absolute atomic E-state index is 13.5. The molecule has 0 saturated heterocycles. The summed E-state index contributed by atoms with van der Waals surface area (Å²) >= 11 is 5.56. The molecule has 0 atom stereocenters. The summed E-state index contributed by atoms with van der Waals surface area (Å²) in [6, 6.07) is 12.3. The fourth-order valence-electron chi connectivity index (χ4n) is 1.50. The van der Waals surface area contributed by atoms with Gasteiger partial charge in [0.15, 0.2) is 0 Å². The summed E-state index contributed by atoms with van der Waals surface area (Å²) in [5, 5.41) is 0.117. The molecule has 106 valence electrons. The Kier molecular flexibility index (Phi) is 4.72. The highest BCUT2D eigenvalue weighted by Gasteiger charge is 2.19. The van der Waals surface area contributed by atoms with Crippen molar-refractivity contribution in [2.45, 2.75) is 11.5 Å². The highest BCUT2D eigenvalue weighted by atomic mass is 35.5. The van der Waals surface area contributed by atoms with Crippen LogP contribution >= 0.6 is 11.6 Å². The number of halogens is 2. The van der Waals surface area contributed by atoms with Crippen LogP contribution in [0.2, 0.25) is 5.02 Å². The van der Waals surface area contributed by atoms with Gasteiger partial charge in [0.25, 0.3) is 10.0 Å². The van der Waals surface area contributed by atoms with Crippen molar-refractivity contribution in [3.8, 4) is 0 Å². The van der Waals surface area contributed by atoms with Gasteiger partial charge in [-0.05, 0) is 23.8 Å². The van der Waals surface area contributed by atoms with Gasteiger partial charge in [0.2, 0.25) is 0 Å². The van der Waals surface area contributed by atoms with Crippen LogP contribution in [0.5, 0.6) is 0 Å². The molecular formula is C13H11ClFNO3S. The van der Waals surface area contributed by atoms with Crippen LogP contribution in [0.1, 0.15) is 5.56 Å². The molecular weight excluding hydrogens is 305 g/mol. The minimum atomic E-state index is -4.08. The molecule has 1 N–H and O–H groups in total. The summed E-state index contributed by atoms with van der Waals surface area (Å²) in [5.41, 5.74) is 0.784. The number of sulfonamides is 1. The molecule has 0 aliphatic carbocycles. The Morgan fingerprint density at radius 3 is 2.50 bits per heavy atom. The first-order chi connectivity index (χ1) is 9.49. The molecule has 0 heterocycles. The Bertz CT molecular complexity index is 692. The average Bonchev–Trinajstić information content (AvgIpc) is 2.39. The van der Waals surface area contributed by atoms with Crippen LogP contribution in [0.15, 0.2) is 53.4 Å². The van der Waals surface area contributed by atoms with Gasteiger partial charge >= 0.3 is 0 Å². The predicted molar refractivity (Wildman–Crippen MR) is 73.0 cm³/mol. The van der Waals surface area contributed by atoms with Gasteiger partial charge in [0.1, 0.15) is 10.7 Å².